The molecule has 0 bridgehead atoms. The second kappa shape index (κ2) is 3.43. The van der Waals surface area contributed by atoms with E-state index in [9.17, 15) is 0 Å². The Labute approximate surface area is 65.4 Å². The first-order chi connectivity index (χ1) is 5.25. The van der Waals surface area contributed by atoms with Gasteiger partial charge in [0.05, 0.1) is 5.82 Å². The highest BCUT2D eigenvalue weighted by Gasteiger charge is 2.15. The van der Waals surface area contributed by atoms with Crippen LogP contribution in [0.15, 0.2) is 0 Å². The van der Waals surface area contributed by atoms with E-state index < -0.39 is 0 Å². The van der Waals surface area contributed by atoms with Gasteiger partial charge in [-0.3, -0.25) is 10.3 Å². The van der Waals surface area contributed by atoms with Crippen molar-refractivity contribution in [3.63, 3.8) is 0 Å². The summed E-state index contributed by atoms with van der Waals surface area (Å²) in [7, 11) is 0. The lowest BCUT2D eigenvalue weighted by Crippen LogP contribution is -2.57. The van der Waals surface area contributed by atoms with Gasteiger partial charge in [0.2, 0.25) is 0 Å². The minimum Gasteiger partial charge on any atom is -0.351 e. The molecule has 3 N–H and O–H groups in total. The number of nitrogens with zero attached hydrogens (tertiary/aromatic N) is 4. The average Bonchev–Trinajstić information content (AvgIpc) is 2.53. The van der Waals surface area contributed by atoms with Crippen LogP contribution in [0.3, 0.4) is 0 Å². The Hall–Kier alpha value is -0.970. The molecule has 5 nitrogen and oxygen atoms in total. The van der Waals surface area contributed by atoms with E-state index in [4.69, 9.17) is 0 Å². The van der Waals surface area contributed by atoms with Crippen molar-refractivity contribution in [2.75, 3.05) is 0 Å². The van der Waals surface area contributed by atoms with Crippen LogP contribution in [-0.2, 0) is 0 Å². The maximum absolute atomic E-state index is 3.95. The summed E-state index contributed by atoms with van der Waals surface area (Å²) >= 11 is 0. The molecule has 5 heteroatoms. The third-order valence-electron chi connectivity index (χ3n) is 2.00. The fourth-order valence-corrected chi connectivity index (χ4v) is 0.839. The lowest BCUT2D eigenvalue weighted by Gasteiger charge is -2.13. The zero-order chi connectivity index (χ0) is 8.27. The molecule has 0 radical (unpaired) electrons. The number of rotatable bonds is 3. The molecule has 1 heterocycles. The van der Waals surface area contributed by atoms with E-state index in [0.29, 0.717) is 11.7 Å². The summed E-state index contributed by atoms with van der Waals surface area (Å²) in [5.41, 5.74) is 3.95. The minimum absolute atomic E-state index is 0.120. The summed E-state index contributed by atoms with van der Waals surface area (Å²) in [6.45, 7) is 4.24. The number of tetrazole rings is 1. The molecule has 62 valence electrons. The third-order valence-corrected chi connectivity index (χ3v) is 2.00. The van der Waals surface area contributed by atoms with E-state index in [1.807, 2.05) is 0 Å². The van der Waals surface area contributed by atoms with Crippen LogP contribution in [0.2, 0.25) is 0 Å². The van der Waals surface area contributed by atoms with E-state index in [1.54, 1.807) is 0 Å². The Bertz CT molecular complexity index is 195. The highest BCUT2D eigenvalue weighted by atomic mass is 15.5. The molecule has 0 aliphatic heterocycles. The first kappa shape index (κ1) is 8.13. The molecule has 0 aliphatic carbocycles. The molecule has 0 aliphatic rings. The topological polar surface area (TPSA) is 80.4 Å². The zero-order valence-electron chi connectivity index (χ0n) is 6.86. The molecular formula is C6H13N5. The molecule has 0 unspecified atom stereocenters. The standard InChI is InChI=1S/C6H12N5/c1-3-4(2)5(7)6-8-10-11-9-6/h4-5H,3,7H2,1-2H3/q-1/p+1/t4-,5-/m0/s1. The van der Waals surface area contributed by atoms with E-state index in [2.05, 4.69) is 40.2 Å². The molecule has 2 atom stereocenters. The normalized spacial score (nSPS) is 16.3. The van der Waals surface area contributed by atoms with E-state index in [0.717, 1.165) is 6.42 Å². The van der Waals surface area contributed by atoms with Crippen molar-refractivity contribution in [2.45, 2.75) is 26.3 Å². The van der Waals surface area contributed by atoms with Crippen LogP contribution in [0.4, 0.5) is 0 Å². The van der Waals surface area contributed by atoms with Crippen LogP contribution in [-0.4, -0.2) is 15.5 Å². The molecule has 0 saturated heterocycles. The Kier molecular flexibility index (Phi) is 2.53. The van der Waals surface area contributed by atoms with Gasteiger partial charge in [-0.05, 0) is 6.42 Å². The largest absolute Gasteiger partial charge is 0.351 e. The van der Waals surface area contributed by atoms with E-state index in [1.165, 1.54) is 0 Å². The molecule has 0 fully saturated rings. The highest BCUT2D eigenvalue weighted by Crippen LogP contribution is 2.14. The maximum Gasteiger partial charge on any atom is 0.119 e. The van der Waals surface area contributed by atoms with Gasteiger partial charge < -0.3 is 10.8 Å². The molecule has 0 saturated carbocycles. The van der Waals surface area contributed by atoms with Gasteiger partial charge in [0.15, 0.2) is 0 Å². The van der Waals surface area contributed by atoms with Crippen LogP contribution in [0.5, 0.6) is 0 Å². The Balaban J connectivity index is 2.62. The Morgan fingerprint density at radius 1 is 1.64 bits per heavy atom. The van der Waals surface area contributed by atoms with Crippen molar-refractivity contribution < 1.29 is 5.73 Å². The van der Waals surface area contributed by atoms with Crippen molar-refractivity contribution in [1.29, 1.82) is 0 Å². The molecular weight excluding hydrogens is 142 g/mol. The molecule has 1 aromatic rings. The molecule has 0 amide bonds. The maximum atomic E-state index is 3.95. The van der Waals surface area contributed by atoms with Crippen molar-refractivity contribution >= 4 is 0 Å². The quantitative estimate of drug-likeness (QED) is 0.617. The lowest BCUT2D eigenvalue weighted by atomic mass is 10.00. The first-order valence-electron chi connectivity index (χ1n) is 3.77. The molecule has 0 spiro atoms. The van der Waals surface area contributed by atoms with Crippen LogP contribution < -0.4 is 10.8 Å². The average molecular weight is 155 g/mol. The Morgan fingerprint density at radius 2 is 2.36 bits per heavy atom. The van der Waals surface area contributed by atoms with E-state index in [-0.39, 0.29) is 6.04 Å². The fraction of sp³-hybridized carbons (Fsp3) is 0.833. The Morgan fingerprint density at radius 3 is 2.82 bits per heavy atom. The number of aromatic nitrogens is 4. The monoisotopic (exact) mass is 155 g/mol. The predicted octanol–water partition coefficient (Wildman–Crippen LogP) is -0.842. The second-order valence-electron chi connectivity index (χ2n) is 2.73. The fourth-order valence-electron chi connectivity index (χ4n) is 0.839. The zero-order valence-corrected chi connectivity index (χ0v) is 6.86. The van der Waals surface area contributed by atoms with Crippen LogP contribution in [0.25, 0.3) is 0 Å². The van der Waals surface area contributed by atoms with Crippen molar-refractivity contribution in [2.24, 2.45) is 5.92 Å². The van der Waals surface area contributed by atoms with Gasteiger partial charge >= 0.3 is 0 Å². The van der Waals surface area contributed by atoms with Gasteiger partial charge in [-0.1, -0.05) is 13.8 Å². The summed E-state index contributed by atoms with van der Waals surface area (Å²) in [5.74, 6) is 1.14. The third kappa shape index (κ3) is 1.74. The highest BCUT2D eigenvalue weighted by molar-refractivity contribution is 4.84. The molecule has 1 aromatic heterocycles. The second-order valence-corrected chi connectivity index (χ2v) is 2.73. The summed E-state index contributed by atoms with van der Waals surface area (Å²) in [4.78, 5) is 0. The van der Waals surface area contributed by atoms with Gasteiger partial charge in [0, 0.05) is 5.92 Å². The SMILES string of the molecule is CC[C@H](C)[C@H]([NH3+])c1nnn[n-]1. The molecule has 1 rings (SSSR count). The number of hydrogen-bond donors (Lipinski definition) is 1. The summed E-state index contributed by atoms with van der Waals surface area (Å²) in [5, 5.41) is 14.3. The van der Waals surface area contributed by atoms with E-state index >= 15 is 0 Å². The van der Waals surface area contributed by atoms with Gasteiger partial charge in [-0.2, -0.15) is 5.21 Å². The van der Waals surface area contributed by atoms with Gasteiger partial charge in [-0.15, -0.1) is 0 Å². The van der Waals surface area contributed by atoms with Gasteiger partial charge in [0.1, 0.15) is 6.04 Å². The van der Waals surface area contributed by atoms with Gasteiger partial charge in [-0.25, -0.2) is 0 Å². The molecule has 11 heavy (non-hydrogen) atoms. The minimum atomic E-state index is 0.120. The van der Waals surface area contributed by atoms with Crippen LogP contribution in [0.1, 0.15) is 32.1 Å². The van der Waals surface area contributed by atoms with Crippen LogP contribution in [0, 0.1) is 5.92 Å². The van der Waals surface area contributed by atoms with Crippen molar-refractivity contribution in [1.82, 2.24) is 20.6 Å². The summed E-state index contributed by atoms with van der Waals surface area (Å²) in [6.07, 6.45) is 1.07. The van der Waals surface area contributed by atoms with Crippen molar-refractivity contribution in [3.8, 4) is 0 Å². The number of quaternary nitrogens is 1. The first-order valence-corrected chi connectivity index (χ1v) is 3.77. The summed E-state index contributed by atoms with van der Waals surface area (Å²) < 4.78 is 0. The smallest absolute Gasteiger partial charge is 0.119 e. The van der Waals surface area contributed by atoms with Crippen molar-refractivity contribution in [3.05, 3.63) is 5.82 Å². The predicted molar refractivity (Wildman–Crippen MR) is 38.2 cm³/mol. The number of hydrogen-bond acceptors (Lipinski definition) is 3. The molecule has 0 aromatic carbocycles. The lowest BCUT2D eigenvalue weighted by molar-refractivity contribution is -0.441. The van der Waals surface area contributed by atoms with Crippen LogP contribution >= 0.6 is 0 Å². The summed E-state index contributed by atoms with van der Waals surface area (Å²) in [6, 6.07) is 0.120. The van der Waals surface area contributed by atoms with Gasteiger partial charge in [0.25, 0.3) is 0 Å².